The summed E-state index contributed by atoms with van der Waals surface area (Å²) in [7, 11) is 0. The Labute approximate surface area is 120 Å². The number of hydrogen-bond acceptors (Lipinski definition) is 3. The molecule has 4 nitrogen and oxygen atoms in total. The lowest BCUT2D eigenvalue weighted by Gasteiger charge is -2.02. The third-order valence-electron chi connectivity index (χ3n) is 2.97. The van der Waals surface area contributed by atoms with Crippen molar-refractivity contribution in [2.24, 2.45) is 15.9 Å². The molecule has 0 aliphatic rings. The van der Waals surface area contributed by atoms with Crippen LogP contribution in [0, 0.1) is 6.92 Å². The number of aryl methyl sites for hydroxylation is 1. The monoisotopic (exact) mass is 273 g/mol. The molecule has 20 heavy (non-hydrogen) atoms. The Bertz CT molecular complexity index is 501. The van der Waals surface area contributed by atoms with Gasteiger partial charge in [0.25, 0.3) is 5.91 Å². The molecule has 1 amide bonds. The summed E-state index contributed by atoms with van der Waals surface area (Å²) in [5.74, 6) is -0.481. The number of nitrogens with zero attached hydrogens (tertiary/aromatic N) is 2. The summed E-state index contributed by atoms with van der Waals surface area (Å²) in [4.78, 5) is 11.2. The fourth-order valence-electron chi connectivity index (χ4n) is 1.75. The van der Waals surface area contributed by atoms with Gasteiger partial charge in [0.2, 0.25) is 0 Å². The predicted molar refractivity (Wildman–Crippen MR) is 84.1 cm³/mol. The molecule has 0 saturated carbocycles. The number of carbonyl (C=O) groups is 1. The van der Waals surface area contributed by atoms with Crippen molar-refractivity contribution in [3.8, 4) is 0 Å². The molecule has 0 aliphatic heterocycles. The standard InChI is InChI=1S/C16H23N3O/c1-4-5-6-15(16(17)20)19-18-13(3)11-14-9-7-12(2)8-10-14/h7-10H,4-6,11H2,1-3H3,(H2,17,20)/b18-13+,19-15+. The second kappa shape index (κ2) is 8.25. The van der Waals surface area contributed by atoms with Crippen molar-refractivity contribution in [1.82, 2.24) is 0 Å². The molecule has 1 aromatic carbocycles. The van der Waals surface area contributed by atoms with Crippen LogP contribution in [0.1, 0.15) is 44.2 Å². The Kier molecular flexibility index (Phi) is 6.64. The van der Waals surface area contributed by atoms with Gasteiger partial charge in [0.1, 0.15) is 5.71 Å². The molecule has 0 aliphatic carbocycles. The maximum absolute atomic E-state index is 11.2. The number of rotatable bonds is 7. The van der Waals surface area contributed by atoms with Crippen molar-refractivity contribution >= 4 is 17.3 Å². The largest absolute Gasteiger partial charge is 0.364 e. The fraction of sp³-hybridized carbons (Fsp3) is 0.438. The van der Waals surface area contributed by atoms with Crippen LogP contribution in [-0.2, 0) is 11.2 Å². The van der Waals surface area contributed by atoms with Crippen LogP contribution in [0.4, 0.5) is 0 Å². The quantitative estimate of drug-likeness (QED) is 0.602. The first kappa shape index (κ1) is 16.1. The molecule has 0 fully saturated rings. The highest BCUT2D eigenvalue weighted by Gasteiger charge is 2.06. The van der Waals surface area contributed by atoms with Gasteiger partial charge in [0, 0.05) is 12.1 Å². The molecule has 0 heterocycles. The van der Waals surface area contributed by atoms with Crippen LogP contribution in [0.5, 0.6) is 0 Å². The van der Waals surface area contributed by atoms with E-state index < -0.39 is 5.91 Å². The summed E-state index contributed by atoms with van der Waals surface area (Å²) in [5, 5.41) is 8.12. The van der Waals surface area contributed by atoms with Crippen molar-refractivity contribution in [2.45, 2.75) is 46.5 Å². The third kappa shape index (κ3) is 5.78. The van der Waals surface area contributed by atoms with E-state index in [-0.39, 0.29) is 0 Å². The minimum atomic E-state index is -0.481. The zero-order valence-electron chi connectivity index (χ0n) is 12.5. The first-order chi connectivity index (χ1) is 9.52. The second-order valence-corrected chi connectivity index (χ2v) is 5.01. The SMILES string of the molecule is CCCC/C(=N\N=C(/C)Cc1ccc(C)cc1)C(N)=O. The predicted octanol–water partition coefficient (Wildman–Crippen LogP) is 3.03. The van der Waals surface area contributed by atoms with E-state index in [2.05, 4.69) is 48.3 Å². The highest BCUT2D eigenvalue weighted by atomic mass is 16.1. The van der Waals surface area contributed by atoms with Crippen molar-refractivity contribution < 1.29 is 4.79 Å². The van der Waals surface area contributed by atoms with Gasteiger partial charge < -0.3 is 5.73 Å². The van der Waals surface area contributed by atoms with Gasteiger partial charge in [-0.05, 0) is 32.3 Å². The molecule has 0 unspecified atom stereocenters. The maximum atomic E-state index is 11.2. The molecule has 0 aromatic heterocycles. The van der Waals surface area contributed by atoms with Gasteiger partial charge >= 0.3 is 0 Å². The molecular formula is C16H23N3O. The lowest BCUT2D eigenvalue weighted by Crippen LogP contribution is -2.23. The summed E-state index contributed by atoms with van der Waals surface area (Å²) < 4.78 is 0. The molecule has 0 spiro atoms. The Morgan fingerprint density at radius 2 is 1.85 bits per heavy atom. The van der Waals surface area contributed by atoms with Crippen molar-refractivity contribution in [3.63, 3.8) is 0 Å². The molecule has 1 rings (SSSR count). The molecule has 4 heteroatoms. The summed E-state index contributed by atoms with van der Waals surface area (Å²) in [6.07, 6.45) is 3.21. The Morgan fingerprint density at radius 1 is 1.20 bits per heavy atom. The van der Waals surface area contributed by atoms with Crippen LogP contribution in [0.15, 0.2) is 34.5 Å². The first-order valence-corrected chi connectivity index (χ1v) is 6.98. The van der Waals surface area contributed by atoms with Gasteiger partial charge in [-0.1, -0.05) is 43.2 Å². The van der Waals surface area contributed by atoms with Crippen LogP contribution in [0.2, 0.25) is 0 Å². The van der Waals surface area contributed by atoms with Crippen molar-refractivity contribution in [3.05, 3.63) is 35.4 Å². The summed E-state index contributed by atoms with van der Waals surface area (Å²) >= 11 is 0. The Hall–Kier alpha value is -1.97. The molecule has 108 valence electrons. The van der Waals surface area contributed by atoms with Crippen molar-refractivity contribution in [2.75, 3.05) is 0 Å². The summed E-state index contributed by atoms with van der Waals surface area (Å²) in [6, 6.07) is 8.29. The summed E-state index contributed by atoms with van der Waals surface area (Å²) in [5.41, 5.74) is 8.93. The molecule has 0 radical (unpaired) electrons. The molecule has 0 bridgehead atoms. The highest BCUT2D eigenvalue weighted by Crippen LogP contribution is 2.05. The van der Waals surface area contributed by atoms with E-state index in [1.54, 1.807) is 0 Å². The smallest absolute Gasteiger partial charge is 0.264 e. The number of nitrogens with two attached hydrogens (primary N) is 1. The zero-order chi connectivity index (χ0) is 15.0. The van der Waals surface area contributed by atoms with E-state index in [9.17, 15) is 4.79 Å². The van der Waals surface area contributed by atoms with Gasteiger partial charge in [-0.15, -0.1) is 5.10 Å². The minimum Gasteiger partial charge on any atom is -0.364 e. The third-order valence-corrected chi connectivity index (χ3v) is 2.97. The average molecular weight is 273 g/mol. The van der Waals surface area contributed by atoms with Gasteiger partial charge in [0.05, 0.1) is 0 Å². The topological polar surface area (TPSA) is 67.8 Å². The van der Waals surface area contributed by atoms with E-state index >= 15 is 0 Å². The van der Waals surface area contributed by atoms with Crippen molar-refractivity contribution in [1.29, 1.82) is 0 Å². The average Bonchev–Trinajstić information content (AvgIpc) is 2.41. The Balaban J connectivity index is 2.70. The second-order valence-electron chi connectivity index (χ2n) is 5.01. The van der Waals surface area contributed by atoms with Gasteiger partial charge in [0.15, 0.2) is 0 Å². The molecule has 0 atom stereocenters. The molecular weight excluding hydrogens is 250 g/mol. The van der Waals surface area contributed by atoms with Gasteiger partial charge in [-0.2, -0.15) is 5.10 Å². The van der Waals surface area contributed by atoms with Gasteiger partial charge in [-0.3, -0.25) is 4.79 Å². The zero-order valence-corrected chi connectivity index (χ0v) is 12.5. The van der Waals surface area contributed by atoms with E-state index in [0.29, 0.717) is 12.1 Å². The molecule has 0 saturated heterocycles. The normalized spacial score (nSPS) is 12.6. The van der Waals surface area contributed by atoms with E-state index in [4.69, 9.17) is 5.73 Å². The fourth-order valence-corrected chi connectivity index (χ4v) is 1.75. The van der Waals surface area contributed by atoms with Crippen LogP contribution in [-0.4, -0.2) is 17.3 Å². The maximum Gasteiger partial charge on any atom is 0.264 e. The molecule has 2 N–H and O–H groups in total. The minimum absolute atomic E-state index is 0.357. The number of amides is 1. The lowest BCUT2D eigenvalue weighted by molar-refractivity contribution is -0.112. The summed E-state index contributed by atoms with van der Waals surface area (Å²) in [6.45, 7) is 6.02. The van der Waals surface area contributed by atoms with Crippen LogP contribution >= 0.6 is 0 Å². The molecule has 1 aromatic rings. The Morgan fingerprint density at radius 3 is 2.40 bits per heavy atom. The van der Waals surface area contributed by atoms with E-state index in [0.717, 1.165) is 25.0 Å². The highest BCUT2D eigenvalue weighted by molar-refractivity contribution is 6.38. The number of hydrogen-bond donors (Lipinski definition) is 1. The number of unbranched alkanes of at least 4 members (excludes halogenated alkanes) is 1. The number of primary amides is 1. The lowest BCUT2D eigenvalue weighted by atomic mass is 10.1. The number of carbonyl (C=O) groups excluding carboxylic acids is 1. The van der Waals surface area contributed by atoms with Crippen LogP contribution in [0.3, 0.4) is 0 Å². The van der Waals surface area contributed by atoms with Gasteiger partial charge in [-0.25, -0.2) is 0 Å². The number of benzene rings is 1. The van der Waals surface area contributed by atoms with Crippen LogP contribution < -0.4 is 5.73 Å². The van der Waals surface area contributed by atoms with E-state index in [1.165, 1.54) is 11.1 Å². The van der Waals surface area contributed by atoms with Crippen LogP contribution in [0.25, 0.3) is 0 Å². The van der Waals surface area contributed by atoms with E-state index in [1.807, 2.05) is 6.92 Å². The first-order valence-electron chi connectivity index (χ1n) is 6.98.